The van der Waals surface area contributed by atoms with Gasteiger partial charge in [-0.1, -0.05) is 29.8 Å². The molecular weight excluding hydrogens is 466 g/mol. The summed E-state index contributed by atoms with van der Waals surface area (Å²) in [7, 11) is 0. The maximum Gasteiger partial charge on any atom is 0.252 e. The number of thioether (sulfide) groups is 1. The van der Waals surface area contributed by atoms with E-state index in [4.69, 9.17) is 22.1 Å². The van der Waals surface area contributed by atoms with Gasteiger partial charge in [-0.05, 0) is 42.8 Å². The molecule has 1 aliphatic rings. The van der Waals surface area contributed by atoms with Crippen LogP contribution >= 0.6 is 23.4 Å². The molecule has 3 rings (SSSR count). The number of benzene rings is 2. The van der Waals surface area contributed by atoms with Crippen molar-refractivity contribution in [2.75, 3.05) is 12.4 Å². The zero-order valence-electron chi connectivity index (χ0n) is 18.0. The minimum absolute atomic E-state index is 0.0956. The second-order valence-electron chi connectivity index (χ2n) is 7.17. The number of amides is 3. The van der Waals surface area contributed by atoms with Gasteiger partial charge in [0.25, 0.3) is 5.91 Å². The zero-order valence-corrected chi connectivity index (χ0v) is 19.5. The van der Waals surface area contributed by atoms with Crippen LogP contribution in [-0.4, -0.2) is 47.8 Å². The van der Waals surface area contributed by atoms with Gasteiger partial charge in [-0.3, -0.25) is 19.7 Å². The molecule has 1 heterocycles. The number of carbonyl (C=O) groups excluding carboxylic acids is 3. The molecule has 3 amide bonds. The quantitative estimate of drug-likeness (QED) is 0.355. The molecule has 9 nitrogen and oxygen atoms in total. The molecule has 2 aromatic carbocycles. The van der Waals surface area contributed by atoms with Gasteiger partial charge in [-0.15, -0.1) is 11.8 Å². The van der Waals surface area contributed by atoms with Gasteiger partial charge in [0.05, 0.1) is 18.5 Å². The van der Waals surface area contributed by atoms with Gasteiger partial charge >= 0.3 is 0 Å². The van der Waals surface area contributed by atoms with E-state index in [0.717, 1.165) is 5.56 Å². The van der Waals surface area contributed by atoms with Crippen LogP contribution in [0.4, 0.5) is 0 Å². The Bertz CT molecular complexity index is 991. The molecule has 3 atom stereocenters. The molecule has 2 aromatic rings. The van der Waals surface area contributed by atoms with Gasteiger partial charge in [0.15, 0.2) is 0 Å². The molecule has 1 aliphatic heterocycles. The summed E-state index contributed by atoms with van der Waals surface area (Å²) < 4.78 is 5.36. The van der Waals surface area contributed by atoms with Crippen LogP contribution in [0.5, 0.6) is 5.75 Å². The van der Waals surface area contributed by atoms with Crippen LogP contribution < -0.4 is 31.7 Å². The average molecular weight is 492 g/mol. The van der Waals surface area contributed by atoms with Crippen LogP contribution in [0.25, 0.3) is 0 Å². The first kappa shape index (κ1) is 24.8. The van der Waals surface area contributed by atoms with Crippen molar-refractivity contribution in [3.63, 3.8) is 0 Å². The molecule has 176 valence electrons. The maximum absolute atomic E-state index is 12.5. The lowest BCUT2D eigenvalue weighted by Crippen LogP contribution is -2.70. The Morgan fingerprint density at radius 2 is 1.91 bits per heavy atom. The van der Waals surface area contributed by atoms with E-state index in [1.165, 1.54) is 11.8 Å². The van der Waals surface area contributed by atoms with Crippen molar-refractivity contribution in [3.8, 4) is 5.75 Å². The third-order valence-corrected chi connectivity index (χ3v) is 6.17. The van der Waals surface area contributed by atoms with Crippen LogP contribution in [0.1, 0.15) is 22.8 Å². The van der Waals surface area contributed by atoms with Crippen molar-refractivity contribution in [2.45, 2.75) is 31.2 Å². The topological polar surface area (TPSA) is 135 Å². The van der Waals surface area contributed by atoms with Crippen molar-refractivity contribution in [3.05, 3.63) is 64.7 Å². The van der Waals surface area contributed by atoms with Crippen LogP contribution in [0.15, 0.2) is 48.5 Å². The SMILES string of the molecule is CCOc1ccc(C(=O)NC2C(=O)NC(SCC(=O)NCc3ccccc3Cl)NC2N)cc1. The second-order valence-corrected chi connectivity index (χ2v) is 8.67. The minimum atomic E-state index is -0.963. The van der Waals surface area contributed by atoms with Gasteiger partial charge in [0, 0.05) is 17.1 Å². The van der Waals surface area contributed by atoms with Crippen LogP contribution in [-0.2, 0) is 16.1 Å². The number of nitrogens with one attached hydrogen (secondary N) is 4. The minimum Gasteiger partial charge on any atom is -0.494 e. The highest BCUT2D eigenvalue weighted by Crippen LogP contribution is 2.16. The Morgan fingerprint density at radius 1 is 1.18 bits per heavy atom. The fourth-order valence-electron chi connectivity index (χ4n) is 3.08. The highest BCUT2D eigenvalue weighted by atomic mass is 35.5. The maximum atomic E-state index is 12.5. The van der Waals surface area contributed by atoms with Crippen LogP contribution in [0.2, 0.25) is 5.02 Å². The molecule has 0 bridgehead atoms. The summed E-state index contributed by atoms with van der Waals surface area (Å²) in [5.74, 6) is -0.331. The molecule has 1 saturated heterocycles. The molecule has 1 fully saturated rings. The van der Waals surface area contributed by atoms with Crippen molar-refractivity contribution in [1.82, 2.24) is 21.3 Å². The van der Waals surface area contributed by atoms with E-state index in [1.54, 1.807) is 30.3 Å². The Hall–Kier alpha value is -2.79. The monoisotopic (exact) mass is 491 g/mol. The number of hydrogen-bond donors (Lipinski definition) is 5. The van der Waals surface area contributed by atoms with E-state index in [1.807, 2.05) is 25.1 Å². The number of carbonyl (C=O) groups is 3. The lowest BCUT2D eigenvalue weighted by Gasteiger charge is -2.35. The van der Waals surface area contributed by atoms with E-state index in [-0.39, 0.29) is 11.7 Å². The van der Waals surface area contributed by atoms with Crippen LogP contribution in [0.3, 0.4) is 0 Å². The fraction of sp³-hybridized carbons (Fsp3) is 0.318. The largest absolute Gasteiger partial charge is 0.494 e. The summed E-state index contributed by atoms with van der Waals surface area (Å²) >= 11 is 7.26. The number of hydrogen-bond acceptors (Lipinski definition) is 7. The van der Waals surface area contributed by atoms with Gasteiger partial charge in [0.2, 0.25) is 11.8 Å². The molecular formula is C22H26ClN5O4S. The molecule has 0 radical (unpaired) electrons. The molecule has 0 spiro atoms. The van der Waals surface area contributed by atoms with Gasteiger partial charge in [-0.2, -0.15) is 0 Å². The Balaban J connectivity index is 1.45. The van der Waals surface area contributed by atoms with E-state index in [9.17, 15) is 14.4 Å². The highest BCUT2D eigenvalue weighted by molar-refractivity contribution is 8.00. The molecule has 11 heteroatoms. The lowest BCUT2D eigenvalue weighted by atomic mass is 10.1. The van der Waals surface area contributed by atoms with E-state index in [0.29, 0.717) is 29.5 Å². The third kappa shape index (κ3) is 7.10. The number of ether oxygens (including phenoxy) is 1. The standard InChI is InChI=1S/C22H26ClN5O4S/c1-2-32-15-9-7-13(8-10-15)20(30)26-18-19(24)27-22(28-21(18)31)33-12-17(29)25-11-14-5-3-4-6-16(14)23/h3-10,18-19,22,27H,2,11-12,24H2,1H3,(H,25,29)(H,26,30)(H,28,31). The van der Waals surface area contributed by atoms with Crippen molar-refractivity contribution in [2.24, 2.45) is 5.73 Å². The summed E-state index contributed by atoms with van der Waals surface area (Å²) in [6.07, 6.45) is -0.825. The van der Waals surface area contributed by atoms with Gasteiger partial charge in [0.1, 0.15) is 17.3 Å². The summed E-state index contributed by atoms with van der Waals surface area (Å²) in [5.41, 5.74) is 6.69. The first-order valence-electron chi connectivity index (χ1n) is 10.3. The Labute approximate surface area is 201 Å². The van der Waals surface area contributed by atoms with Crippen LogP contribution in [0, 0.1) is 0 Å². The second kappa shape index (κ2) is 11.9. The first-order valence-corrected chi connectivity index (χ1v) is 11.8. The predicted molar refractivity (Wildman–Crippen MR) is 128 cm³/mol. The highest BCUT2D eigenvalue weighted by Gasteiger charge is 2.35. The predicted octanol–water partition coefficient (Wildman–Crippen LogP) is 1.17. The number of nitrogens with two attached hydrogens (primary N) is 1. The number of rotatable bonds is 9. The summed E-state index contributed by atoms with van der Waals surface area (Å²) in [5, 5.41) is 11.7. The molecule has 0 aromatic heterocycles. The van der Waals surface area contributed by atoms with Crippen molar-refractivity contribution >= 4 is 41.1 Å². The summed E-state index contributed by atoms with van der Waals surface area (Å²) in [6.45, 7) is 2.70. The molecule has 33 heavy (non-hydrogen) atoms. The fourth-order valence-corrected chi connectivity index (χ4v) is 4.15. The first-order chi connectivity index (χ1) is 15.9. The normalized spacial score (nSPS) is 20.0. The zero-order chi connectivity index (χ0) is 23.8. The number of halogens is 1. The summed E-state index contributed by atoms with van der Waals surface area (Å²) in [6, 6.07) is 12.9. The molecule has 0 aliphatic carbocycles. The lowest BCUT2D eigenvalue weighted by molar-refractivity contribution is -0.126. The Morgan fingerprint density at radius 3 is 2.58 bits per heavy atom. The Kier molecular flexibility index (Phi) is 8.95. The van der Waals surface area contributed by atoms with E-state index in [2.05, 4.69) is 21.3 Å². The average Bonchev–Trinajstić information content (AvgIpc) is 2.80. The van der Waals surface area contributed by atoms with E-state index < -0.39 is 29.5 Å². The van der Waals surface area contributed by atoms with E-state index >= 15 is 0 Å². The summed E-state index contributed by atoms with van der Waals surface area (Å²) in [4.78, 5) is 37.2. The van der Waals surface area contributed by atoms with Crippen molar-refractivity contribution in [1.29, 1.82) is 0 Å². The molecule has 6 N–H and O–H groups in total. The molecule has 3 unspecified atom stereocenters. The smallest absolute Gasteiger partial charge is 0.252 e. The van der Waals surface area contributed by atoms with Crippen molar-refractivity contribution < 1.29 is 19.1 Å². The third-order valence-electron chi connectivity index (χ3n) is 4.79. The van der Waals surface area contributed by atoms with Gasteiger partial charge < -0.3 is 26.4 Å². The molecule has 0 saturated carbocycles. The van der Waals surface area contributed by atoms with Gasteiger partial charge in [-0.25, -0.2) is 0 Å².